The summed E-state index contributed by atoms with van der Waals surface area (Å²) in [6.45, 7) is 3.74. The molecular formula is C17H31N3O. The molecule has 3 fully saturated rings. The summed E-state index contributed by atoms with van der Waals surface area (Å²) >= 11 is 0. The van der Waals surface area contributed by atoms with Crippen molar-refractivity contribution >= 4 is 5.91 Å². The molecule has 1 N–H and O–H groups in total. The second-order valence-corrected chi connectivity index (χ2v) is 7.33. The highest BCUT2D eigenvalue weighted by Crippen LogP contribution is 2.35. The molecule has 0 aromatic carbocycles. The molecule has 3 aliphatic rings. The minimum atomic E-state index is 0.368. The number of likely N-dealkylation sites (tertiary alicyclic amines) is 1. The normalized spacial score (nSPS) is 33.2. The number of carbonyl (C=O) groups is 1. The van der Waals surface area contributed by atoms with Gasteiger partial charge in [-0.15, -0.1) is 0 Å². The first kappa shape index (κ1) is 15.3. The van der Waals surface area contributed by atoms with Crippen LogP contribution in [0.5, 0.6) is 0 Å². The van der Waals surface area contributed by atoms with Gasteiger partial charge in [-0.25, -0.2) is 0 Å². The van der Waals surface area contributed by atoms with E-state index in [9.17, 15) is 4.79 Å². The first-order valence-corrected chi connectivity index (χ1v) is 8.95. The van der Waals surface area contributed by atoms with Crippen LogP contribution in [0.1, 0.15) is 51.4 Å². The largest absolute Gasteiger partial charge is 0.338 e. The van der Waals surface area contributed by atoms with E-state index in [1.807, 2.05) is 0 Å². The van der Waals surface area contributed by atoms with E-state index < -0.39 is 0 Å². The first-order valence-electron chi connectivity index (χ1n) is 8.95. The number of fused-ring (bicyclic) bond motifs is 1. The van der Waals surface area contributed by atoms with Crippen LogP contribution in [0.3, 0.4) is 0 Å². The van der Waals surface area contributed by atoms with Crippen molar-refractivity contribution < 1.29 is 4.79 Å². The quantitative estimate of drug-likeness (QED) is 0.859. The molecular weight excluding hydrogens is 262 g/mol. The standard InChI is InChI=1S/C17H31N3O/c1-19(12-15-8-4-10-18-15)13-17(21)20-11-5-7-14-6-2-3-9-16(14)20/h14-16,18H,2-13H2,1H3. The van der Waals surface area contributed by atoms with E-state index in [4.69, 9.17) is 0 Å². The van der Waals surface area contributed by atoms with Crippen LogP contribution in [-0.4, -0.2) is 61.0 Å². The average Bonchev–Trinajstić information content (AvgIpc) is 2.99. The third-order valence-electron chi connectivity index (χ3n) is 5.66. The van der Waals surface area contributed by atoms with Crippen molar-refractivity contribution in [3.05, 3.63) is 0 Å². The van der Waals surface area contributed by atoms with Gasteiger partial charge >= 0.3 is 0 Å². The van der Waals surface area contributed by atoms with E-state index in [1.165, 1.54) is 51.4 Å². The van der Waals surface area contributed by atoms with Crippen molar-refractivity contribution in [1.82, 2.24) is 15.1 Å². The Hall–Kier alpha value is -0.610. The fraction of sp³-hybridized carbons (Fsp3) is 0.941. The molecule has 3 rings (SSSR count). The number of hydrogen-bond donors (Lipinski definition) is 1. The highest BCUT2D eigenvalue weighted by molar-refractivity contribution is 5.78. The Morgan fingerprint density at radius 2 is 1.95 bits per heavy atom. The van der Waals surface area contributed by atoms with Crippen LogP contribution < -0.4 is 5.32 Å². The molecule has 1 amide bonds. The third kappa shape index (κ3) is 3.78. The fourth-order valence-corrected chi connectivity index (χ4v) is 4.61. The number of nitrogens with zero attached hydrogens (tertiary/aromatic N) is 2. The molecule has 0 aromatic rings. The summed E-state index contributed by atoms with van der Waals surface area (Å²) in [7, 11) is 2.10. The van der Waals surface area contributed by atoms with Crippen LogP contribution in [0.25, 0.3) is 0 Å². The molecule has 3 unspecified atom stereocenters. The highest BCUT2D eigenvalue weighted by atomic mass is 16.2. The summed E-state index contributed by atoms with van der Waals surface area (Å²) in [6.07, 6.45) is 10.4. The Bertz CT molecular complexity index is 352. The molecule has 0 radical (unpaired) electrons. The molecule has 4 heteroatoms. The molecule has 4 nitrogen and oxygen atoms in total. The van der Waals surface area contributed by atoms with E-state index in [1.54, 1.807) is 0 Å². The molecule has 120 valence electrons. The van der Waals surface area contributed by atoms with E-state index >= 15 is 0 Å². The lowest BCUT2D eigenvalue weighted by atomic mass is 9.78. The molecule has 2 heterocycles. The van der Waals surface area contributed by atoms with E-state index in [2.05, 4.69) is 22.2 Å². The molecule has 2 aliphatic heterocycles. The van der Waals surface area contributed by atoms with Crippen molar-refractivity contribution in [2.24, 2.45) is 5.92 Å². The van der Waals surface area contributed by atoms with Crippen LogP contribution in [0, 0.1) is 5.92 Å². The van der Waals surface area contributed by atoms with Gasteiger partial charge in [0.15, 0.2) is 0 Å². The molecule has 21 heavy (non-hydrogen) atoms. The van der Waals surface area contributed by atoms with Gasteiger partial charge in [0.25, 0.3) is 0 Å². The van der Waals surface area contributed by atoms with Crippen molar-refractivity contribution in [2.45, 2.75) is 63.5 Å². The maximum absolute atomic E-state index is 12.7. The van der Waals surface area contributed by atoms with Gasteiger partial charge in [0, 0.05) is 25.2 Å². The monoisotopic (exact) mass is 293 g/mol. The van der Waals surface area contributed by atoms with Gasteiger partial charge in [-0.2, -0.15) is 0 Å². The SMILES string of the molecule is CN(CC(=O)N1CCCC2CCCCC21)CC1CCCN1. The maximum Gasteiger partial charge on any atom is 0.236 e. The highest BCUT2D eigenvalue weighted by Gasteiger charge is 2.35. The molecule has 0 bridgehead atoms. The second-order valence-electron chi connectivity index (χ2n) is 7.33. The predicted octanol–water partition coefficient (Wildman–Crippen LogP) is 1.85. The summed E-state index contributed by atoms with van der Waals surface area (Å²) < 4.78 is 0. The third-order valence-corrected chi connectivity index (χ3v) is 5.66. The summed E-state index contributed by atoms with van der Waals surface area (Å²) in [5.74, 6) is 1.16. The van der Waals surface area contributed by atoms with Crippen molar-refractivity contribution in [3.63, 3.8) is 0 Å². The Kier molecular flexibility index (Phi) is 5.17. The molecule has 2 saturated heterocycles. The summed E-state index contributed by atoms with van der Waals surface area (Å²) in [4.78, 5) is 17.1. The summed E-state index contributed by atoms with van der Waals surface area (Å²) in [6, 6.07) is 1.14. The summed E-state index contributed by atoms with van der Waals surface area (Å²) in [5.41, 5.74) is 0. The number of nitrogens with one attached hydrogen (secondary N) is 1. The lowest BCUT2D eigenvalue weighted by Crippen LogP contribution is -2.52. The van der Waals surface area contributed by atoms with Crippen molar-refractivity contribution in [2.75, 3.05) is 33.2 Å². The Balaban J connectivity index is 1.51. The Morgan fingerprint density at radius 3 is 2.76 bits per heavy atom. The minimum absolute atomic E-state index is 0.368. The zero-order valence-electron chi connectivity index (χ0n) is 13.5. The number of piperidine rings is 1. The molecule has 1 saturated carbocycles. The number of rotatable bonds is 4. The molecule has 3 atom stereocenters. The van der Waals surface area contributed by atoms with Gasteiger partial charge in [0.05, 0.1) is 6.54 Å². The lowest BCUT2D eigenvalue weighted by molar-refractivity contribution is -0.138. The molecule has 1 aliphatic carbocycles. The topological polar surface area (TPSA) is 35.6 Å². The zero-order chi connectivity index (χ0) is 14.7. The first-order chi connectivity index (χ1) is 10.2. The number of carbonyl (C=O) groups excluding carboxylic acids is 1. The molecule has 0 spiro atoms. The van der Waals surface area contributed by atoms with Gasteiger partial charge in [0.1, 0.15) is 0 Å². The van der Waals surface area contributed by atoms with Crippen LogP contribution in [0.15, 0.2) is 0 Å². The van der Waals surface area contributed by atoms with E-state index in [0.717, 1.165) is 25.6 Å². The van der Waals surface area contributed by atoms with Crippen LogP contribution in [0.2, 0.25) is 0 Å². The van der Waals surface area contributed by atoms with Gasteiger partial charge in [-0.1, -0.05) is 12.8 Å². The Labute approximate surface area is 129 Å². The average molecular weight is 293 g/mol. The van der Waals surface area contributed by atoms with E-state index in [-0.39, 0.29) is 0 Å². The smallest absolute Gasteiger partial charge is 0.236 e. The van der Waals surface area contributed by atoms with Crippen LogP contribution in [-0.2, 0) is 4.79 Å². The number of amides is 1. The molecule has 0 aromatic heterocycles. The van der Waals surface area contributed by atoms with Crippen molar-refractivity contribution in [1.29, 1.82) is 0 Å². The lowest BCUT2D eigenvalue weighted by Gasteiger charge is -2.44. The maximum atomic E-state index is 12.7. The number of likely N-dealkylation sites (N-methyl/N-ethyl adjacent to an activating group) is 1. The zero-order valence-corrected chi connectivity index (χ0v) is 13.5. The van der Waals surface area contributed by atoms with Gasteiger partial charge in [0.2, 0.25) is 5.91 Å². The minimum Gasteiger partial charge on any atom is -0.338 e. The number of hydrogen-bond acceptors (Lipinski definition) is 3. The van der Waals surface area contributed by atoms with Crippen LogP contribution in [0.4, 0.5) is 0 Å². The van der Waals surface area contributed by atoms with Crippen LogP contribution >= 0.6 is 0 Å². The Morgan fingerprint density at radius 1 is 1.14 bits per heavy atom. The summed E-state index contributed by atoms with van der Waals surface area (Å²) in [5, 5.41) is 3.52. The predicted molar refractivity (Wildman–Crippen MR) is 85.2 cm³/mol. The van der Waals surface area contributed by atoms with Gasteiger partial charge < -0.3 is 10.2 Å². The fourth-order valence-electron chi connectivity index (χ4n) is 4.61. The van der Waals surface area contributed by atoms with E-state index in [0.29, 0.717) is 24.5 Å². The van der Waals surface area contributed by atoms with Gasteiger partial charge in [-0.05, 0) is 58.0 Å². The van der Waals surface area contributed by atoms with Crippen molar-refractivity contribution in [3.8, 4) is 0 Å². The van der Waals surface area contributed by atoms with Gasteiger partial charge in [-0.3, -0.25) is 9.69 Å². The second kappa shape index (κ2) is 7.10.